The van der Waals surface area contributed by atoms with E-state index in [1.54, 1.807) is 29.5 Å². The van der Waals surface area contributed by atoms with E-state index in [-0.39, 0.29) is 23.6 Å². The van der Waals surface area contributed by atoms with Crippen molar-refractivity contribution in [2.24, 2.45) is 5.92 Å². The molecule has 0 saturated heterocycles. The van der Waals surface area contributed by atoms with Crippen LogP contribution in [0.4, 0.5) is 4.39 Å². The second kappa shape index (κ2) is 6.44. The van der Waals surface area contributed by atoms with Crippen molar-refractivity contribution < 1.29 is 9.18 Å². The summed E-state index contributed by atoms with van der Waals surface area (Å²) in [6, 6.07) is 10.8. The normalized spacial score (nSPS) is 19.7. The molecular formula is C18H18FNOS. The summed E-state index contributed by atoms with van der Waals surface area (Å²) in [7, 11) is 0. The van der Waals surface area contributed by atoms with E-state index >= 15 is 0 Å². The molecule has 1 aliphatic rings. The van der Waals surface area contributed by atoms with Crippen LogP contribution < -0.4 is 0 Å². The molecule has 1 saturated carbocycles. The van der Waals surface area contributed by atoms with Crippen molar-refractivity contribution in [1.29, 1.82) is 0 Å². The highest BCUT2D eigenvalue weighted by Gasteiger charge is 2.46. The molecule has 0 aliphatic heterocycles. The SMILES string of the molecule is C=CCN(Cc1cccs1)C(=O)C1CC1c1ccccc1F. The van der Waals surface area contributed by atoms with E-state index in [1.165, 1.54) is 6.07 Å². The Hall–Kier alpha value is -1.94. The fourth-order valence-corrected chi connectivity index (χ4v) is 3.52. The van der Waals surface area contributed by atoms with Crippen LogP contribution in [0.1, 0.15) is 22.8 Å². The van der Waals surface area contributed by atoms with E-state index in [9.17, 15) is 9.18 Å². The number of thiophene rings is 1. The fraction of sp³-hybridized carbons (Fsp3) is 0.278. The number of amides is 1. The molecule has 0 spiro atoms. The molecule has 1 amide bonds. The maximum absolute atomic E-state index is 13.8. The van der Waals surface area contributed by atoms with Gasteiger partial charge in [0.2, 0.25) is 5.91 Å². The van der Waals surface area contributed by atoms with Crippen molar-refractivity contribution >= 4 is 17.2 Å². The maximum Gasteiger partial charge on any atom is 0.226 e. The van der Waals surface area contributed by atoms with Crippen LogP contribution in [0.5, 0.6) is 0 Å². The molecule has 0 bridgehead atoms. The van der Waals surface area contributed by atoms with Gasteiger partial charge in [-0.25, -0.2) is 4.39 Å². The Balaban J connectivity index is 1.70. The molecule has 0 radical (unpaired) electrons. The molecule has 1 fully saturated rings. The molecule has 4 heteroatoms. The maximum atomic E-state index is 13.8. The van der Waals surface area contributed by atoms with Gasteiger partial charge in [0.25, 0.3) is 0 Å². The quantitative estimate of drug-likeness (QED) is 0.731. The lowest BCUT2D eigenvalue weighted by Crippen LogP contribution is -2.32. The van der Waals surface area contributed by atoms with Crippen molar-refractivity contribution in [2.75, 3.05) is 6.54 Å². The average Bonchev–Trinajstić information content (AvgIpc) is 3.14. The van der Waals surface area contributed by atoms with E-state index in [4.69, 9.17) is 0 Å². The number of rotatable bonds is 6. The largest absolute Gasteiger partial charge is 0.334 e. The standard InChI is InChI=1S/C18H18FNOS/c1-2-9-20(12-13-6-5-10-22-13)18(21)16-11-15(16)14-7-3-4-8-17(14)19/h2-8,10,15-16H,1,9,11-12H2. The van der Waals surface area contributed by atoms with Gasteiger partial charge >= 0.3 is 0 Å². The van der Waals surface area contributed by atoms with Crippen LogP contribution in [0.2, 0.25) is 0 Å². The van der Waals surface area contributed by atoms with Crippen molar-refractivity contribution in [3.05, 3.63) is 70.7 Å². The first-order chi connectivity index (χ1) is 10.7. The third kappa shape index (κ3) is 3.12. The Morgan fingerprint density at radius 1 is 1.36 bits per heavy atom. The van der Waals surface area contributed by atoms with Crippen LogP contribution >= 0.6 is 11.3 Å². The Labute approximate surface area is 133 Å². The fourth-order valence-electron chi connectivity index (χ4n) is 2.80. The van der Waals surface area contributed by atoms with E-state index in [1.807, 2.05) is 28.5 Å². The molecule has 1 aromatic heterocycles. The molecule has 2 aromatic rings. The smallest absolute Gasteiger partial charge is 0.226 e. The van der Waals surface area contributed by atoms with Crippen LogP contribution in [-0.4, -0.2) is 17.4 Å². The second-order valence-corrected chi connectivity index (χ2v) is 6.59. The first-order valence-corrected chi connectivity index (χ1v) is 8.25. The zero-order valence-electron chi connectivity index (χ0n) is 12.2. The van der Waals surface area contributed by atoms with Gasteiger partial charge in [-0.3, -0.25) is 4.79 Å². The van der Waals surface area contributed by atoms with Crippen molar-refractivity contribution in [3.63, 3.8) is 0 Å². The first-order valence-electron chi connectivity index (χ1n) is 7.37. The van der Waals surface area contributed by atoms with Gasteiger partial charge < -0.3 is 4.90 Å². The third-order valence-electron chi connectivity index (χ3n) is 4.00. The molecule has 1 aliphatic carbocycles. The number of hydrogen-bond donors (Lipinski definition) is 0. The van der Waals surface area contributed by atoms with Crippen LogP contribution in [-0.2, 0) is 11.3 Å². The van der Waals surface area contributed by atoms with Gasteiger partial charge in [0, 0.05) is 17.3 Å². The summed E-state index contributed by atoms with van der Waals surface area (Å²) in [5.41, 5.74) is 0.663. The lowest BCUT2D eigenvalue weighted by molar-refractivity contribution is -0.132. The number of carbonyl (C=O) groups is 1. The summed E-state index contributed by atoms with van der Waals surface area (Å²) in [5, 5.41) is 2.01. The minimum atomic E-state index is -0.212. The number of benzene rings is 1. The Bertz CT molecular complexity index is 667. The highest BCUT2D eigenvalue weighted by molar-refractivity contribution is 7.09. The highest BCUT2D eigenvalue weighted by atomic mass is 32.1. The number of carbonyl (C=O) groups excluding carboxylic acids is 1. The molecule has 2 atom stereocenters. The van der Waals surface area contributed by atoms with Gasteiger partial charge in [-0.15, -0.1) is 17.9 Å². The molecule has 114 valence electrons. The van der Waals surface area contributed by atoms with Gasteiger partial charge in [0.1, 0.15) is 5.82 Å². The molecular weight excluding hydrogens is 297 g/mol. The monoisotopic (exact) mass is 315 g/mol. The van der Waals surface area contributed by atoms with Crippen molar-refractivity contribution in [3.8, 4) is 0 Å². The Kier molecular flexibility index (Phi) is 4.39. The number of hydrogen-bond acceptors (Lipinski definition) is 2. The van der Waals surface area contributed by atoms with Gasteiger partial charge in [-0.2, -0.15) is 0 Å². The summed E-state index contributed by atoms with van der Waals surface area (Å²) in [4.78, 5) is 15.6. The lowest BCUT2D eigenvalue weighted by atomic mass is 10.1. The van der Waals surface area contributed by atoms with Crippen LogP contribution in [0.3, 0.4) is 0 Å². The topological polar surface area (TPSA) is 20.3 Å². The van der Waals surface area contributed by atoms with E-state index < -0.39 is 0 Å². The van der Waals surface area contributed by atoms with Gasteiger partial charge in [-0.05, 0) is 35.4 Å². The summed E-state index contributed by atoms with van der Waals surface area (Å²) in [6.07, 6.45) is 2.48. The van der Waals surface area contributed by atoms with Gasteiger partial charge in [0.15, 0.2) is 0 Å². The molecule has 22 heavy (non-hydrogen) atoms. The Morgan fingerprint density at radius 3 is 2.86 bits per heavy atom. The number of halogens is 1. The molecule has 2 nitrogen and oxygen atoms in total. The molecule has 3 rings (SSSR count). The number of nitrogens with zero attached hydrogens (tertiary/aromatic N) is 1. The molecule has 0 N–H and O–H groups in total. The minimum Gasteiger partial charge on any atom is -0.334 e. The molecule has 2 unspecified atom stereocenters. The van der Waals surface area contributed by atoms with Gasteiger partial charge in [0.05, 0.1) is 6.54 Å². The first kappa shape index (κ1) is 15.0. The van der Waals surface area contributed by atoms with Crippen molar-refractivity contribution in [1.82, 2.24) is 4.90 Å². The predicted molar refractivity (Wildman–Crippen MR) is 87.2 cm³/mol. The Morgan fingerprint density at radius 2 is 2.18 bits per heavy atom. The van der Waals surface area contributed by atoms with Crippen molar-refractivity contribution in [2.45, 2.75) is 18.9 Å². The van der Waals surface area contributed by atoms with E-state index in [0.29, 0.717) is 18.7 Å². The van der Waals surface area contributed by atoms with Crippen LogP contribution in [0, 0.1) is 11.7 Å². The third-order valence-corrected chi connectivity index (χ3v) is 4.86. The van der Waals surface area contributed by atoms with Gasteiger partial charge in [-0.1, -0.05) is 30.3 Å². The highest BCUT2D eigenvalue weighted by Crippen LogP contribution is 2.49. The van der Waals surface area contributed by atoms with E-state index in [0.717, 1.165) is 11.3 Å². The zero-order chi connectivity index (χ0) is 15.5. The lowest BCUT2D eigenvalue weighted by Gasteiger charge is -2.20. The predicted octanol–water partition coefficient (Wildman–Crippen LogP) is 4.21. The second-order valence-electron chi connectivity index (χ2n) is 5.56. The zero-order valence-corrected chi connectivity index (χ0v) is 13.1. The minimum absolute atomic E-state index is 0.0179. The average molecular weight is 315 g/mol. The van der Waals surface area contributed by atoms with E-state index in [2.05, 4.69) is 6.58 Å². The summed E-state index contributed by atoms with van der Waals surface area (Å²) in [6.45, 7) is 4.86. The summed E-state index contributed by atoms with van der Waals surface area (Å²) in [5.74, 6) is -0.195. The molecule has 1 aromatic carbocycles. The van der Waals surface area contributed by atoms with Crippen LogP contribution in [0.15, 0.2) is 54.4 Å². The van der Waals surface area contributed by atoms with Crippen LogP contribution in [0.25, 0.3) is 0 Å². The summed E-state index contributed by atoms with van der Waals surface area (Å²) >= 11 is 1.64. The molecule has 1 heterocycles. The summed E-state index contributed by atoms with van der Waals surface area (Å²) < 4.78 is 13.8.